The molecule has 0 atom stereocenters. The number of methoxy groups -OCH3 is 2. The summed E-state index contributed by atoms with van der Waals surface area (Å²) in [4.78, 5) is 22.3. The van der Waals surface area contributed by atoms with E-state index in [1.165, 1.54) is 38.6 Å². The van der Waals surface area contributed by atoms with Gasteiger partial charge in [-0.3, -0.25) is 14.9 Å². The molecule has 9 nitrogen and oxygen atoms in total. The van der Waals surface area contributed by atoms with Gasteiger partial charge in [-0.2, -0.15) is 5.10 Å². The van der Waals surface area contributed by atoms with Crippen LogP contribution in [0.3, 0.4) is 0 Å². The molecule has 0 fully saturated rings. The third-order valence-corrected chi connectivity index (χ3v) is 3.06. The number of hydrazone groups is 1. The molecular weight excluding hydrogens is 318 g/mol. The van der Waals surface area contributed by atoms with Crippen LogP contribution >= 0.6 is 0 Å². The Bertz CT molecular complexity index is 797. The highest BCUT2D eigenvalue weighted by Gasteiger charge is 2.19. The van der Waals surface area contributed by atoms with Crippen LogP contribution in [0.1, 0.15) is 21.9 Å². The molecule has 1 N–H and O–H groups in total. The quantitative estimate of drug-likeness (QED) is 0.492. The first-order chi connectivity index (χ1) is 11.5. The molecule has 1 heterocycles. The van der Waals surface area contributed by atoms with Gasteiger partial charge in [-0.25, -0.2) is 5.43 Å². The predicted molar refractivity (Wildman–Crippen MR) is 84.7 cm³/mol. The van der Waals surface area contributed by atoms with Crippen LogP contribution in [-0.2, 0) is 0 Å². The van der Waals surface area contributed by atoms with Crippen molar-refractivity contribution in [1.82, 2.24) is 5.43 Å². The van der Waals surface area contributed by atoms with E-state index in [1.54, 1.807) is 13.0 Å². The van der Waals surface area contributed by atoms with Gasteiger partial charge in [-0.05, 0) is 19.1 Å². The Hall–Kier alpha value is -3.36. The van der Waals surface area contributed by atoms with E-state index in [0.29, 0.717) is 17.1 Å². The largest absolute Gasteiger partial charge is 0.496 e. The van der Waals surface area contributed by atoms with Gasteiger partial charge in [-0.15, -0.1) is 0 Å². The number of hydrogen-bond donors (Lipinski definition) is 1. The number of amides is 1. The zero-order valence-corrected chi connectivity index (χ0v) is 13.2. The first-order valence-corrected chi connectivity index (χ1v) is 6.76. The van der Waals surface area contributed by atoms with Crippen LogP contribution in [-0.4, -0.2) is 31.3 Å². The number of nitrogens with one attached hydrogen (secondary N) is 1. The number of carbonyl (C=O) groups excluding carboxylic acids is 1. The van der Waals surface area contributed by atoms with Gasteiger partial charge >= 0.3 is 11.6 Å². The molecular formula is C15H15N3O6. The summed E-state index contributed by atoms with van der Waals surface area (Å²) in [5.41, 5.74) is 2.33. The van der Waals surface area contributed by atoms with Gasteiger partial charge in [0.25, 0.3) is 0 Å². The average molecular weight is 333 g/mol. The summed E-state index contributed by atoms with van der Waals surface area (Å²) in [6, 6.07) is 5.77. The lowest BCUT2D eigenvalue weighted by atomic mass is 10.1. The van der Waals surface area contributed by atoms with Crippen molar-refractivity contribution in [3.05, 3.63) is 51.5 Å². The minimum atomic E-state index is -0.584. The van der Waals surface area contributed by atoms with Crippen molar-refractivity contribution in [2.45, 2.75) is 6.92 Å². The number of benzene rings is 1. The Balaban J connectivity index is 2.23. The number of nitro groups is 1. The summed E-state index contributed by atoms with van der Waals surface area (Å²) in [5.74, 6) is 0.531. The van der Waals surface area contributed by atoms with E-state index >= 15 is 0 Å². The molecule has 1 aromatic carbocycles. The van der Waals surface area contributed by atoms with Crippen LogP contribution in [0.4, 0.5) is 5.69 Å². The molecule has 24 heavy (non-hydrogen) atoms. The van der Waals surface area contributed by atoms with Crippen LogP contribution in [0.5, 0.6) is 11.5 Å². The highest BCUT2D eigenvalue weighted by atomic mass is 16.6. The minimum Gasteiger partial charge on any atom is -0.496 e. The lowest BCUT2D eigenvalue weighted by molar-refractivity contribution is -0.385. The molecule has 126 valence electrons. The van der Waals surface area contributed by atoms with Gasteiger partial charge in [0, 0.05) is 17.7 Å². The molecule has 2 aromatic rings. The summed E-state index contributed by atoms with van der Waals surface area (Å²) in [6.07, 6.45) is 1.24. The van der Waals surface area contributed by atoms with Gasteiger partial charge in [0.15, 0.2) is 5.76 Å². The summed E-state index contributed by atoms with van der Waals surface area (Å²) in [6.45, 7) is 1.71. The van der Waals surface area contributed by atoms with E-state index in [2.05, 4.69) is 10.5 Å². The molecule has 0 saturated carbocycles. The summed E-state index contributed by atoms with van der Waals surface area (Å²) in [5, 5.41) is 14.8. The lowest BCUT2D eigenvalue weighted by Crippen LogP contribution is -2.16. The van der Waals surface area contributed by atoms with Crippen LogP contribution in [0.25, 0.3) is 0 Å². The van der Waals surface area contributed by atoms with Crippen LogP contribution in [0.15, 0.2) is 33.8 Å². The molecule has 2 rings (SSSR count). The predicted octanol–water partition coefficient (Wildman–Crippen LogP) is 2.28. The molecule has 9 heteroatoms. The fourth-order valence-corrected chi connectivity index (χ4v) is 1.92. The Morgan fingerprint density at radius 2 is 2.00 bits per heavy atom. The molecule has 1 amide bonds. The number of furan rings is 1. The molecule has 0 spiro atoms. The van der Waals surface area contributed by atoms with E-state index in [1.807, 2.05) is 0 Å². The van der Waals surface area contributed by atoms with Crippen molar-refractivity contribution in [3.8, 4) is 11.5 Å². The standard InChI is InChI=1S/C15H15N3O6/c1-9-4-5-12(24-9)15(19)17-16-8-10-6-11(18(20)21)14(23-3)7-13(10)22-2/h4-8H,1-3H3,(H,17,19)/b16-8-. The Morgan fingerprint density at radius 1 is 1.29 bits per heavy atom. The fourth-order valence-electron chi connectivity index (χ4n) is 1.92. The molecule has 0 radical (unpaired) electrons. The Morgan fingerprint density at radius 3 is 2.54 bits per heavy atom. The molecule has 0 unspecified atom stereocenters. The Labute approximate surface area is 137 Å². The maximum Gasteiger partial charge on any atom is 0.311 e. The van der Waals surface area contributed by atoms with Gasteiger partial charge in [-0.1, -0.05) is 0 Å². The van der Waals surface area contributed by atoms with Gasteiger partial charge in [0.05, 0.1) is 25.4 Å². The maximum atomic E-state index is 11.8. The van der Waals surface area contributed by atoms with Crippen molar-refractivity contribution in [2.75, 3.05) is 14.2 Å². The van der Waals surface area contributed by atoms with Gasteiger partial charge < -0.3 is 13.9 Å². The molecule has 0 saturated heterocycles. The number of nitrogens with zero attached hydrogens (tertiary/aromatic N) is 2. The second-order valence-electron chi connectivity index (χ2n) is 4.63. The first-order valence-electron chi connectivity index (χ1n) is 6.76. The number of aryl methyl sites for hydroxylation is 1. The molecule has 1 aromatic heterocycles. The number of rotatable bonds is 6. The molecule has 0 aliphatic heterocycles. The Kier molecular flexibility index (Phi) is 5.15. The van der Waals surface area contributed by atoms with Crippen molar-refractivity contribution >= 4 is 17.8 Å². The van der Waals surface area contributed by atoms with Crippen LogP contribution < -0.4 is 14.9 Å². The third-order valence-electron chi connectivity index (χ3n) is 3.06. The minimum absolute atomic E-state index is 0.0593. The number of carbonyl (C=O) groups is 1. The number of ether oxygens (including phenoxy) is 2. The van der Waals surface area contributed by atoms with Crippen LogP contribution in [0, 0.1) is 17.0 Å². The SMILES string of the molecule is COc1cc(OC)c([N+](=O)[O-])cc1/C=N\NC(=O)c1ccc(C)o1. The van der Waals surface area contributed by atoms with Crippen molar-refractivity contribution in [1.29, 1.82) is 0 Å². The number of hydrogen-bond acceptors (Lipinski definition) is 7. The molecule has 0 aliphatic rings. The topological polar surface area (TPSA) is 116 Å². The van der Waals surface area contributed by atoms with E-state index in [0.717, 1.165) is 0 Å². The van der Waals surface area contributed by atoms with Crippen LogP contribution in [0.2, 0.25) is 0 Å². The third kappa shape index (κ3) is 3.69. The maximum absolute atomic E-state index is 11.8. The molecule has 0 bridgehead atoms. The monoisotopic (exact) mass is 333 g/mol. The normalized spacial score (nSPS) is 10.6. The van der Waals surface area contributed by atoms with E-state index in [4.69, 9.17) is 13.9 Å². The van der Waals surface area contributed by atoms with Gasteiger partial charge in [0.1, 0.15) is 11.5 Å². The smallest absolute Gasteiger partial charge is 0.311 e. The highest BCUT2D eigenvalue weighted by molar-refractivity contribution is 5.93. The van der Waals surface area contributed by atoms with Gasteiger partial charge in [0.2, 0.25) is 5.75 Å². The average Bonchev–Trinajstić information content (AvgIpc) is 3.00. The van der Waals surface area contributed by atoms with Crippen molar-refractivity contribution in [2.24, 2.45) is 5.10 Å². The summed E-state index contributed by atoms with van der Waals surface area (Å²) >= 11 is 0. The lowest BCUT2D eigenvalue weighted by Gasteiger charge is -2.08. The van der Waals surface area contributed by atoms with E-state index < -0.39 is 10.8 Å². The zero-order valence-electron chi connectivity index (χ0n) is 13.2. The highest BCUT2D eigenvalue weighted by Crippen LogP contribution is 2.33. The second kappa shape index (κ2) is 7.27. The van der Waals surface area contributed by atoms with Crippen molar-refractivity contribution in [3.63, 3.8) is 0 Å². The fraction of sp³-hybridized carbons (Fsp3) is 0.200. The molecule has 0 aliphatic carbocycles. The van der Waals surface area contributed by atoms with E-state index in [-0.39, 0.29) is 17.2 Å². The second-order valence-corrected chi connectivity index (χ2v) is 4.63. The van der Waals surface area contributed by atoms with Crippen molar-refractivity contribution < 1.29 is 23.6 Å². The zero-order chi connectivity index (χ0) is 17.7. The first kappa shape index (κ1) is 17.0. The van der Waals surface area contributed by atoms with E-state index in [9.17, 15) is 14.9 Å². The summed E-state index contributed by atoms with van der Waals surface area (Å²) in [7, 11) is 2.73. The summed E-state index contributed by atoms with van der Waals surface area (Å²) < 4.78 is 15.3. The number of nitro benzene ring substituents is 1.